The molecule has 0 aromatic carbocycles. The van der Waals surface area contributed by atoms with Crippen LogP contribution in [0.25, 0.3) is 0 Å². The van der Waals surface area contributed by atoms with Gasteiger partial charge in [0.2, 0.25) is 0 Å². The molecule has 1 saturated heterocycles. The molecule has 0 spiro atoms. The van der Waals surface area contributed by atoms with E-state index >= 15 is 0 Å². The molecular weight excluding hydrogens is 226 g/mol. The molecule has 1 saturated carbocycles. The van der Waals surface area contributed by atoms with Gasteiger partial charge < -0.3 is 14.8 Å². The van der Waals surface area contributed by atoms with Gasteiger partial charge in [-0.15, -0.1) is 0 Å². The lowest BCUT2D eigenvalue weighted by Crippen LogP contribution is -2.39. The van der Waals surface area contributed by atoms with Gasteiger partial charge in [0.1, 0.15) is 0 Å². The Bertz CT molecular complexity index is 209. The molecule has 1 atom stereocenters. The Morgan fingerprint density at radius 1 is 1.06 bits per heavy atom. The predicted octanol–water partition coefficient (Wildman–Crippen LogP) is 3.09. The molecule has 3 heteroatoms. The summed E-state index contributed by atoms with van der Waals surface area (Å²) in [4.78, 5) is 0. The van der Waals surface area contributed by atoms with Crippen LogP contribution in [0.5, 0.6) is 0 Å². The zero-order chi connectivity index (χ0) is 12.6. The molecular formula is C15H29NO2. The fraction of sp³-hybridized carbons (Fsp3) is 1.00. The smallest absolute Gasteiger partial charge is 0.159 e. The van der Waals surface area contributed by atoms with Crippen LogP contribution in [0.1, 0.15) is 58.3 Å². The quantitative estimate of drug-likeness (QED) is 0.740. The van der Waals surface area contributed by atoms with Crippen molar-refractivity contribution in [2.45, 2.75) is 70.6 Å². The predicted molar refractivity (Wildman–Crippen MR) is 73.6 cm³/mol. The first kappa shape index (κ1) is 14.3. The Labute approximate surface area is 112 Å². The van der Waals surface area contributed by atoms with E-state index < -0.39 is 0 Å². The minimum Gasteiger partial charge on any atom is -0.350 e. The van der Waals surface area contributed by atoms with Gasteiger partial charge in [0.05, 0.1) is 13.2 Å². The number of ether oxygens (including phenoxy) is 2. The summed E-state index contributed by atoms with van der Waals surface area (Å²) in [6.07, 6.45) is 10.7. The first-order chi connectivity index (χ1) is 8.90. The minimum atomic E-state index is 0.0441. The molecule has 0 aromatic heterocycles. The highest BCUT2D eigenvalue weighted by Gasteiger charge is 2.27. The van der Waals surface area contributed by atoms with Crippen molar-refractivity contribution in [1.29, 1.82) is 0 Å². The molecule has 1 heterocycles. The van der Waals surface area contributed by atoms with E-state index in [1.165, 1.54) is 44.9 Å². The summed E-state index contributed by atoms with van der Waals surface area (Å²) in [7, 11) is 0. The second kappa shape index (κ2) is 8.13. The lowest BCUT2D eigenvalue weighted by Gasteiger charge is -2.29. The van der Waals surface area contributed by atoms with E-state index in [1.54, 1.807) is 0 Å². The first-order valence-corrected chi connectivity index (χ1v) is 7.86. The second-order valence-electron chi connectivity index (χ2n) is 5.72. The molecule has 2 rings (SSSR count). The van der Waals surface area contributed by atoms with Crippen molar-refractivity contribution in [3.63, 3.8) is 0 Å². The topological polar surface area (TPSA) is 30.5 Å². The maximum Gasteiger partial charge on any atom is 0.159 e. The number of hydrogen-bond acceptors (Lipinski definition) is 3. The zero-order valence-electron chi connectivity index (χ0n) is 11.8. The van der Waals surface area contributed by atoms with Crippen LogP contribution >= 0.6 is 0 Å². The average molecular weight is 255 g/mol. The van der Waals surface area contributed by atoms with Gasteiger partial charge in [0.15, 0.2) is 6.29 Å². The molecule has 1 N–H and O–H groups in total. The minimum absolute atomic E-state index is 0.0441. The molecule has 3 nitrogen and oxygen atoms in total. The Balaban J connectivity index is 1.84. The summed E-state index contributed by atoms with van der Waals surface area (Å²) in [6.45, 7) is 4.90. The third-order valence-corrected chi connectivity index (χ3v) is 4.26. The normalized spacial score (nSPS) is 25.2. The van der Waals surface area contributed by atoms with Crippen molar-refractivity contribution in [3.05, 3.63) is 0 Å². The fourth-order valence-corrected chi connectivity index (χ4v) is 3.24. The maximum atomic E-state index is 5.62. The molecule has 0 amide bonds. The first-order valence-electron chi connectivity index (χ1n) is 7.86. The van der Waals surface area contributed by atoms with Gasteiger partial charge in [0.25, 0.3) is 0 Å². The summed E-state index contributed by atoms with van der Waals surface area (Å²) in [5, 5.41) is 3.73. The van der Waals surface area contributed by atoms with Crippen LogP contribution in [0.4, 0.5) is 0 Å². The standard InChI is InChI=1S/C15H29NO2/c1-2-9-16-14(12-15-17-10-11-18-15)13-7-5-3-4-6-8-13/h13-16H,2-12H2,1H3. The van der Waals surface area contributed by atoms with Crippen LogP contribution in [-0.2, 0) is 9.47 Å². The van der Waals surface area contributed by atoms with Crippen LogP contribution in [0.3, 0.4) is 0 Å². The molecule has 106 valence electrons. The van der Waals surface area contributed by atoms with E-state index in [0.29, 0.717) is 6.04 Å². The lowest BCUT2D eigenvalue weighted by molar-refractivity contribution is -0.0569. The highest BCUT2D eigenvalue weighted by molar-refractivity contribution is 4.80. The molecule has 18 heavy (non-hydrogen) atoms. The fourth-order valence-electron chi connectivity index (χ4n) is 3.24. The summed E-state index contributed by atoms with van der Waals surface area (Å²) in [5.74, 6) is 0.826. The SMILES string of the molecule is CCCNC(CC1OCCO1)C1CCCCCC1. The van der Waals surface area contributed by atoms with Crippen molar-refractivity contribution in [1.82, 2.24) is 5.32 Å². The third kappa shape index (κ3) is 4.52. The summed E-state index contributed by atoms with van der Waals surface area (Å²) < 4.78 is 11.2. The van der Waals surface area contributed by atoms with Gasteiger partial charge >= 0.3 is 0 Å². The molecule has 0 aromatic rings. The molecule has 2 fully saturated rings. The Morgan fingerprint density at radius 2 is 1.72 bits per heavy atom. The Kier molecular flexibility index (Phi) is 6.46. The average Bonchev–Trinajstić information content (AvgIpc) is 2.74. The highest BCUT2D eigenvalue weighted by Crippen LogP contribution is 2.28. The van der Waals surface area contributed by atoms with Crippen LogP contribution in [0.2, 0.25) is 0 Å². The van der Waals surface area contributed by atoms with Crippen molar-refractivity contribution >= 4 is 0 Å². The molecule has 0 bridgehead atoms. The van der Waals surface area contributed by atoms with Crippen LogP contribution in [0, 0.1) is 5.92 Å². The van der Waals surface area contributed by atoms with E-state index in [0.717, 1.165) is 32.1 Å². The van der Waals surface area contributed by atoms with E-state index in [9.17, 15) is 0 Å². The third-order valence-electron chi connectivity index (χ3n) is 4.26. The highest BCUT2D eigenvalue weighted by atomic mass is 16.7. The van der Waals surface area contributed by atoms with Gasteiger partial charge in [-0.3, -0.25) is 0 Å². The van der Waals surface area contributed by atoms with Crippen molar-refractivity contribution < 1.29 is 9.47 Å². The molecule has 1 unspecified atom stereocenters. The van der Waals surface area contributed by atoms with E-state index in [1.807, 2.05) is 0 Å². The van der Waals surface area contributed by atoms with Gasteiger partial charge in [-0.1, -0.05) is 32.6 Å². The van der Waals surface area contributed by atoms with Crippen LogP contribution < -0.4 is 5.32 Å². The van der Waals surface area contributed by atoms with Crippen LogP contribution in [-0.4, -0.2) is 32.1 Å². The van der Waals surface area contributed by atoms with E-state index in [2.05, 4.69) is 12.2 Å². The summed E-state index contributed by atoms with van der Waals surface area (Å²) in [6, 6.07) is 0.589. The molecule has 1 aliphatic carbocycles. The van der Waals surface area contributed by atoms with E-state index in [4.69, 9.17) is 9.47 Å². The maximum absolute atomic E-state index is 5.62. The van der Waals surface area contributed by atoms with Gasteiger partial charge in [-0.25, -0.2) is 0 Å². The number of hydrogen-bond donors (Lipinski definition) is 1. The van der Waals surface area contributed by atoms with Gasteiger partial charge in [0, 0.05) is 12.5 Å². The second-order valence-corrected chi connectivity index (χ2v) is 5.72. The molecule has 1 aliphatic heterocycles. The van der Waals surface area contributed by atoms with Crippen molar-refractivity contribution in [2.24, 2.45) is 5.92 Å². The molecule has 0 radical (unpaired) electrons. The lowest BCUT2D eigenvalue weighted by atomic mass is 9.89. The van der Waals surface area contributed by atoms with Gasteiger partial charge in [-0.05, 0) is 31.7 Å². The summed E-state index contributed by atoms with van der Waals surface area (Å²) >= 11 is 0. The summed E-state index contributed by atoms with van der Waals surface area (Å²) in [5.41, 5.74) is 0. The Hall–Kier alpha value is -0.120. The van der Waals surface area contributed by atoms with Crippen molar-refractivity contribution in [3.8, 4) is 0 Å². The largest absolute Gasteiger partial charge is 0.350 e. The number of rotatable bonds is 6. The van der Waals surface area contributed by atoms with E-state index in [-0.39, 0.29) is 6.29 Å². The number of nitrogens with one attached hydrogen (secondary N) is 1. The van der Waals surface area contributed by atoms with Crippen molar-refractivity contribution in [2.75, 3.05) is 19.8 Å². The molecule has 2 aliphatic rings. The Morgan fingerprint density at radius 3 is 2.33 bits per heavy atom. The van der Waals surface area contributed by atoms with Crippen LogP contribution in [0.15, 0.2) is 0 Å². The monoisotopic (exact) mass is 255 g/mol. The van der Waals surface area contributed by atoms with Gasteiger partial charge in [-0.2, -0.15) is 0 Å². The zero-order valence-corrected chi connectivity index (χ0v) is 11.8.